The summed E-state index contributed by atoms with van der Waals surface area (Å²) >= 11 is 0. The third-order valence-electron chi connectivity index (χ3n) is 2.16. The van der Waals surface area contributed by atoms with Crippen LogP contribution in [-0.2, 0) is 6.54 Å². The molecular weight excluding hydrogens is 278 g/mol. The van der Waals surface area contributed by atoms with Crippen molar-refractivity contribution in [3.8, 4) is 0 Å². The predicted molar refractivity (Wildman–Crippen MR) is 77.2 cm³/mol. The third-order valence-corrected chi connectivity index (χ3v) is 2.16. The van der Waals surface area contributed by atoms with Gasteiger partial charge in [-0.15, -0.1) is 24.8 Å². The second-order valence-corrected chi connectivity index (χ2v) is 3.86. The number of aliphatic hydroxyl groups is 1. The summed E-state index contributed by atoms with van der Waals surface area (Å²) < 4.78 is 12.6. The monoisotopic (exact) mass is 298 g/mol. The fourth-order valence-electron chi connectivity index (χ4n) is 1.32. The summed E-state index contributed by atoms with van der Waals surface area (Å²) in [6, 6.07) is 6.46. The standard InChI is InChI=1S/C12H19FN2O.2ClH/c1-10(16)8-14-6-7-15-9-11-2-4-12(13)5-3-11;;/h2-5,10,14-16H,6-9H2,1H3;2*1H. The zero-order valence-electron chi connectivity index (χ0n) is 10.4. The molecule has 0 radical (unpaired) electrons. The summed E-state index contributed by atoms with van der Waals surface area (Å²) in [5, 5.41) is 15.3. The van der Waals surface area contributed by atoms with Crippen LogP contribution in [0, 0.1) is 5.82 Å². The summed E-state index contributed by atoms with van der Waals surface area (Å²) in [6.45, 7) is 4.73. The Bertz CT molecular complexity index is 297. The van der Waals surface area contributed by atoms with Crippen molar-refractivity contribution in [2.24, 2.45) is 0 Å². The van der Waals surface area contributed by atoms with E-state index in [2.05, 4.69) is 10.6 Å². The van der Waals surface area contributed by atoms with Gasteiger partial charge in [0.25, 0.3) is 0 Å². The van der Waals surface area contributed by atoms with Crippen LogP contribution < -0.4 is 10.6 Å². The Morgan fingerprint density at radius 1 is 1.11 bits per heavy atom. The number of rotatable bonds is 7. The molecule has 0 aliphatic carbocycles. The third kappa shape index (κ3) is 9.62. The Balaban J connectivity index is 0. The second-order valence-electron chi connectivity index (χ2n) is 3.86. The Hall–Kier alpha value is -0.390. The fraction of sp³-hybridized carbons (Fsp3) is 0.500. The largest absolute Gasteiger partial charge is 0.392 e. The van der Waals surface area contributed by atoms with Crippen molar-refractivity contribution in [3.63, 3.8) is 0 Å². The zero-order chi connectivity index (χ0) is 11.8. The SMILES string of the molecule is CC(O)CNCCNCc1ccc(F)cc1.Cl.Cl. The second kappa shape index (κ2) is 11.7. The first-order valence-corrected chi connectivity index (χ1v) is 5.52. The van der Waals surface area contributed by atoms with E-state index >= 15 is 0 Å². The maximum Gasteiger partial charge on any atom is 0.123 e. The highest BCUT2D eigenvalue weighted by atomic mass is 35.5. The minimum Gasteiger partial charge on any atom is -0.392 e. The maximum atomic E-state index is 12.6. The lowest BCUT2D eigenvalue weighted by Crippen LogP contribution is -2.31. The lowest BCUT2D eigenvalue weighted by Gasteiger charge is -2.08. The van der Waals surface area contributed by atoms with Gasteiger partial charge in [0.1, 0.15) is 5.82 Å². The molecule has 0 bridgehead atoms. The Morgan fingerprint density at radius 3 is 2.22 bits per heavy atom. The van der Waals surface area contributed by atoms with E-state index < -0.39 is 0 Å². The molecule has 1 aromatic carbocycles. The molecule has 0 aliphatic rings. The topological polar surface area (TPSA) is 44.3 Å². The van der Waals surface area contributed by atoms with Crippen LogP contribution in [-0.4, -0.2) is 30.8 Å². The van der Waals surface area contributed by atoms with Crippen LogP contribution in [0.1, 0.15) is 12.5 Å². The minimum absolute atomic E-state index is 0. The van der Waals surface area contributed by atoms with Crippen LogP contribution in [0.5, 0.6) is 0 Å². The van der Waals surface area contributed by atoms with E-state index in [1.807, 2.05) is 0 Å². The van der Waals surface area contributed by atoms with Gasteiger partial charge in [0, 0.05) is 26.2 Å². The summed E-state index contributed by atoms with van der Waals surface area (Å²) in [4.78, 5) is 0. The highest BCUT2D eigenvalue weighted by Gasteiger charge is 1.95. The molecule has 1 aromatic rings. The van der Waals surface area contributed by atoms with E-state index in [-0.39, 0.29) is 36.7 Å². The molecule has 0 spiro atoms. The van der Waals surface area contributed by atoms with Crippen molar-refractivity contribution in [1.82, 2.24) is 10.6 Å². The van der Waals surface area contributed by atoms with Crippen molar-refractivity contribution in [2.75, 3.05) is 19.6 Å². The van der Waals surface area contributed by atoms with Crippen LogP contribution in [0.4, 0.5) is 4.39 Å². The first-order valence-electron chi connectivity index (χ1n) is 5.52. The summed E-state index contributed by atoms with van der Waals surface area (Å²) in [5.41, 5.74) is 1.07. The van der Waals surface area contributed by atoms with Crippen molar-refractivity contribution in [1.29, 1.82) is 0 Å². The maximum absolute atomic E-state index is 12.6. The molecule has 0 aromatic heterocycles. The molecule has 106 valence electrons. The summed E-state index contributed by atoms with van der Waals surface area (Å²) in [7, 11) is 0. The van der Waals surface area contributed by atoms with Gasteiger partial charge in [0.2, 0.25) is 0 Å². The van der Waals surface area contributed by atoms with Gasteiger partial charge in [-0.25, -0.2) is 4.39 Å². The molecule has 1 unspecified atom stereocenters. The zero-order valence-corrected chi connectivity index (χ0v) is 12.0. The van der Waals surface area contributed by atoms with E-state index in [1.54, 1.807) is 19.1 Å². The molecule has 3 N–H and O–H groups in total. The van der Waals surface area contributed by atoms with Gasteiger partial charge in [0.15, 0.2) is 0 Å². The smallest absolute Gasteiger partial charge is 0.123 e. The molecule has 0 heterocycles. The first-order chi connectivity index (χ1) is 7.68. The van der Waals surface area contributed by atoms with Crippen molar-refractivity contribution in [2.45, 2.75) is 19.6 Å². The van der Waals surface area contributed by atoms with Gasteiger partial charge in [-0.2, -0.15) is 0 Å². The minimum atomic E-state index is -0.308. The molecule has 1 rings (SSSR count). The average Bonchev–Trinajstić information content (AvgIpc) is 2.25. The molecule has 6 heteroatoms. The normalized spacial score (nSPS) is 11.3. The molecule has 18 heavy (non-hydrogen) atoms. The van der Waals surface area contributed by atoms with Crippen LogP contribution in [0.15, 0.2) is 24.3 Å². The van der Waals surface area contributed by atoms with Crippen LogP contribution in [0.25, 0.3) is 0 Å². The molecule has 0 aliphatic heterocycles. The highest BCUT2D eigenvalue weighted by molar-refractivity contribution is 5.85. The quantitative estimate of drug-likeness (QED) is 0.672. The van der Waals surface area contributed by atoms with E-state index in [0.717, 1.165) is 25.2 Å². The number of hydrogen-bond donors (Lipinski definition) is 3. The lowest BCUT2D eigenvalue weighted by molar-refractivity contribution is 0.191. The van der Waals surface area contributed by atoms with Crippen molar-refractivity contribution >= 4 is 24.8 Å². The molecule has 0 fully saturated rings. The van der Waals surface area contributed by atoms with E-state index in [9.17, 15) is 4.39 Å². The van der Waals surface area contributed by atoms with Gasteiger partial charge in [-0.05, 0) is 24.6 Å². The van der Waals surface area contributed by atoms with E-state index in [4.69, 9.17) is 5.11 Å². The molecule has 0 amide bonds. The Morgan fingerprint density at radius 2 is 1.67 bits per heavy atom. The van der Waals surface area contributed by atoms with Crippen LogP contribution >= 0.6 is 24.8 Å². The van der Waals surface area contributed by atoms with Gasteiger partial charge >= 0.3 is 0 Å². The fourth-order valence-corrected chi connectivity index (χ4v) is 1.32. The lowest BCUT2D eigenvalue weighted by atomic mass is 10.2. The van der Waals surface area contributed by atoms with E-state index in [1.165, 1.54) is 12.1 Å². The van der Waals surface area contributed by atoms with Crippen molar-refractivity contribution in [3.05, 3.63) is 35.6 Å². The number of aliphatic hydroxyl groups excluding tert-OH is 1. The first kappa shape index (κ1) is 19.9. The number of halogens is 3. The number of hydrogen-bond acceptors (Lipinski definition) is 3. The molecule has 0 saturated heterocycles. The van der Waals surface area contributed by atoms with Crippen LogP contribution in [0.2, 0.25) is 0 Å². The molecular formula is C12H21Cl2FN2O. The van der Waals surface area contributed by atoms with Crippen LogP contribution in [0.3, 0.4) is 0 Å². The van der Waals surface area contributed by atoms with Gasteiger partial charge in [-0.3, -0.25) is 0 Å². The summed E-state index contributed by atoms with van der Waals surface area (Å²) in [6.07, 6.45) is -0.308. The average molecular weight is 299 g/mol. The Labute approximate surface area is 120 Å². The van der Waals surface area contributed by atoms with Gasteiger partial charge in [-0.1, -0.05) is 12.1 Å². The summed E-state index contributed by atoms with van der Waals surface area (Å²) in [5.74, 6) is -0.206. The van der Waals surface area contributed by atoms with Crippen molar-refractivity contribution < 1.29 is 9.50 Å². The van der Waals surface area contributed by atoms with Gasteiger partial charge in [0.05, 0.1) is 6.10 Å². The number of benzene rings is 1. The van der Waals surface area contributed by atoms with Gasteiger partial charge < -0.3 is 15.7 Å². The molecule has 1 atom stereocenters. The predicted octanol–water partition coefficient (Wildman–Crippen LogP) is 1.73. The molecule has 3 nitrogen and oxygen atoms in total. The highest BCUT2D eigenvalue weighted by Crippen LogP contribution is 2.01. The Kier molecular flexibility index (Phi) is 12.9. The molecule has 0 saturated carbocycles. The number of nitrogens with one attached hydrogen (secondary N) is 2. The van der Waals surface area contributed by atoms with E-state index in [0.29, 0.717) is 6.54 Å².